The van der Waals surface area contributed by atoms with E-state index in [0.717, 1.165) is 17.5 Å². The average molecular weight is 423 g/mol. The van der Waals surface area contributed by atoms with Gasteiger partial charge in [-0.25, -0.2) is 13.9 Å². The number of carbonyl (C=O) groups is 2. The fourth-order valence-electron chi connectivity index (χ4n) is 2.79. The SMILES string of the molecule is CCCCOC(=O)c1ccc(NC(=O)Cn2nc(-c3ccccc3F)ccc2=O)cc1. The van der Waals surface area contributed by atoms with Gasteiger partial charge in [-0.15, -0.1) is 0 Å². The van der Waals surface area contributed by atoms with Gasteiger partial charge in [0.2, 0.25) is 5.91 Å². The van der Waals surface area contributed by atoms with Crippen LogP contribution in [0.1, 0.15) is 30.1 Å². The van der Waals surface area contributed by atoms with Gasteiger partial charge in [-0.05, 0) is 48.9 Å². The summed E-state index contributed by atoms with van der Waals surface area (Å²) in [5.41, 5.74) is 0.827. The predicted octanol–water partition coefficient (Wildman–Crippen LogP) is 3.65. The van der Waals surface area contributed by atoms with Crippen LogP contribution in [0.2, 0.25) is 0 Å². The number of carbonyl (C=O) groups excluding carboxylic acids is 2. The Hall–Kier alpha value is -3.81. The number of ether oxygens (including phenoxy) is 1. The van der Waals surface area contributed by atoms with Crippen molar-refractivity contribution in [3.8, 4) is 11.3 Å². The highest BCUT2D eigenvalue weighted by molar-refractivity contribution is 5.93. The van der Waals surface area contributed by atoms with Gasteiger partial charge in [-0.1, -0.05) is 25.5 Å². The number of anilines is 1. The first kappa shape index (κ1) is 21.9. The molecule has 1 aromatic heterocycles. The van der Waals surface area contributed by atoms with Crippen molar-refractivity contribution in [1.29, 1.82) is 0 Å². The maximum atomic E-state index is 14.0. The fraction of sp³-hybridized carbons (Fsp3) is 0.217. The quantitative estimate of drug-likeness (QED) is 0.441. The number of nitrogens with one attached hydrogen (secondary N) is 1. The molecular formula is C23H22FN3O4. The minimum Gasteiger partial charge on any atom is -0.462 e. The van der Waals surface area contributed by atoms with Crippen molar-refractivity contribution in [3.63, 3.8) is 0 Å². The van der Waals surface area contributed by atoms with E-state index >= 15 is 0 Å². The van der Waals surface area contributed by atoms with Crippen LogP contribution in [0, 0.1) is 5.82 Å². The van der Waals surface area contributed by atoms with E-state index in [2.05, 4.69) is 10.4 Å². The Morgan fingerprint density at radius 1 is 1.06 bits per heavy atom. The number of nitrogens with zero attached hydrogens (tertiary/aromatic N) is 2. The summed E-state index contributed by atoms with van der Waals surface area (Å²) >= 11 is 0. The van der Waals surface area contributed by atoms with Crippen molar-refractivity contribution in [2.75, 3.05) is 11.9 Å². The first-order valence-electron chi connectivity index (χ1n) is 9.88. The fourth-order valence-corrected chi connectivity index (χ4v) is 2.79. The summed E-state index contributed by atoms with van der Waals surface area (Å²) in [5.74, 6) is -1.39. The van der Waals surface area contributed by atoms with Crippen LogP contribution >= 0.6 is 0 Å². The summed E-state index contributed by atoms with van der Waals surface area (Å²) in [6.45, 7) is 2.02. The van der Waals surface area contributed by atoms with E-state index in [1.807, 2.05) is 6.92 Å². The summed E-state index contributed by atoms with van der Waals surface area (Å²) in [6, 6.07) is 14.9. The monoisotopic (exact) mass is 423 g/mol. The van der Waals surface area contributed by atoms with Crippen molar-refractivity contribution < 1.29 is 18.7 Å². The third-order valence-corrected chi connectivity index (χ3v) is 4.45. The van der Waals surface area contributed by atoms with E-state index in [-0.39, 0.29) is 17.8 Å². The van der Waals surface area contributed by atoms with Crippen LogP contribution in [-0.4, -0.2) is 28.3 Å². The summed E-state index contributed by atoms with van der Waals surface area (Å²) in [4.78, 5) is 36.4. The van der Waals surface area contributed by atoms with E-state index < -0.39 is 23.3 Å². The van der Waals surface area contributed by atoms with E-state index in [4.69, 9.17) is 4.74 Å². The molecule has 0 bridgehead atoms. The number of esters is 1. The zero-order valence-corrected chi connectivity index (χ0v) is 17.0. The molecule has 0 atom stereocenters. The molecule has 0 aliphatic carbocycles. The number of rotatable bonds is 8. The van der Waals surface area contributed by atoms with Gasteiger partial charge in [-0.3, -0.25) is 9.59 Å². The third kappa shape index (κ3) is 5.85. The van der Waals surface area contributed by atoms with E-state index in [9.17, 15) is 18.8 Å². The topological polar surface area (TPSA) is 90.3 Å². The molecule has 0 aliphatic rings. The number of benzene rings is 2. The highest BCUT2D eigenvalue weighted by atomic mass is 19.1. The molecule has 0 saturated carbocycles. The van der Waals surface area contributed by atoms with E-state index in [0.29, 0.717) is 17.9 Å². The number of unbranched alkanes of at least 4 members (excludes halogenated alkanes) is 1. The molecule has 7 nitrogen and oxygen atoms in total. The van der Waals surface area contributed by atoms with Gasteiger partial charge < -0.3 is 10.1 Å². The number of aromatic nitrogens is 2. The Balaban J connectivity index is 1.66. The first-order valence-corrected chi connectivity index (χ1v) is 9.88. The first-order chi connectivity index (χ1) is 15.0. The Kier molecular flexibility index (Phi) is 7.26. The minimum absolute atomic E-state index is 0.234. The molecule has 3 rings (SSSR count). The number of amides is 1. The van der Waals surface area contributed by atoms with Crippen LogP contribution in [0.3, 0.4) is 0 Å². The molecule has 160 valence electrons. The highest BCUT2D eigenvalue weighted by Gasteiger charge is 2.12. The normalized spacial score (nSPS) is 10.5. The molecule has 1 N–H and O–H groups in total. The lowest BCUT2D eigenvalue weighted by atomic mass is 10.1. The van der Waals surface area contributed by atoms with Gasteiger partial charge in [0, 0.05) is 17.3 Å². The van der Waals surface area contributed by atoms with Crippen LogP contribution < -0.4 is 10.9 Å². The van der Waals surface area contributed by atoms with Crippen molar-refractivity contribution in [3.05, 3.63) is 82.4 Å². The number of hydrogen-bond acceptors (Lipinski definition) is 5. The zero-order valence-electron chi connectivity index (χ0n) is 17.0. The van der Waals surface area contributed by atoms with Gasteiger partial charge in [0.25, 0.3) is 5.56 Å². The molecule has 0 radical (unpaired) electrons. The van der Waals surface area contributed by atoms with Crippen molar-refractivity contribution in [2.45, 2.75) is 26.3 Å². The molecule has 0 aliphatic heterocycles. The summed E-state index contributed by atoms with van der Waals surface area (Å²) in [5, 5.41) is 6.74. The van der Waals surface area contributed by atoms with Crippen molar-refractivity contribution >= 4 is 17.6 Å². The molecule has 0 spiro atoms. The molecule has 2 aromatic carbocycles. The standard InChI is InChI=1S/C23H22FN3O4/c1-2-3-14-31-23(30)16-8-10-17(11-9-16)25-21(28)15-27-22(29)13-12-20(26-27)18-6-4-5-7-19(18)24/h4-13H,2-3,14-15H2,1H3,(H,25,28). The maximum Gasteiger partial charge on any atom is 0.338 e. The molecule has 8 heteroatoms. The Morgan fingerprint density at radius 3 is 2.52 bits per heavy atom. The largest absolute Gasteiger partial charge is 0.462 e. The smallest absolute Gasteiger partial charge is 0.338 e. The van der Waals surface area contributed by atoms with Gasteiger partial charge in [-0.2, -0.15) is 5.10 Å². The lowest BCUT2D eigenvalue weighted by Crippen LogP contribution is -2.29. The van der Waals surface area contributed by atoms with E-state index in [1.54, 1.807) is 42.5 Å². The molecule has 0 saturated heterocycles. The van der Waals surface area contributed by atoms with Crippen LogP contribution in [0.5, 0.6) is 0 Å². The third-order valence-electron chi connectivity index (χ3n) is 4.45. The molecule has 1 heterocycles. The van der Waals surface area contributed by atoms with Gasteiger partial charge >= 0.3 is 5.97 Å². The van der Waals surface area contributed by atoms with Crippen molar-refractivity contribution in [2.24, 2.45) is 0 Å². The van der Waals surface area contributed by atoms with Crippen LogP contribution in [0.25, 0.3) is 11.3 Å². The maximum absolute atomic E-state index is 14.0. The molecule has 1 amide bonds. The van der Waals surface area contributed by atoms with Gasteiger partial charge in [0.1, 0.15) is 12.4 Å². The summed E-state index contributed by atoms with van der Waals surface area (Å²) < 4.78 is 20.1. The second-order valence-electron chi connectivity index (χ2n) is 6.81. The Labute approximate surface area is 178 Å². The molecule has 3 aromatic rings. The molecule has 31 heavy (non-hydrogen) atoms. The average Bonchev–Trinajstić information content (AvgIpc) is 2.76. The lowest BCUT2D eigenvalue weighted by molar-refractivity contribution is -0.117. The summed E-state index contributed by atoms with van der Waals surface area (Å²) in [6.07, 6.45) is 1.73. The second kappa shape index (κ2) is 10.3. The van der Waals surface area contributed by atoms with Gasteiger partial charge in [0.15, 0.2) is 0 Å². The van der Waals surface area contributed by atoms with Crippen LogP contribution in [0.15, 0.2) is 65.5 Å². The highest BCUT2D eigenvalue weighted by Crippen LogP contribution is 2.19. The number of halogens is 1. The Bertz CT molecular complexity index is 1130. The van der Waals surface area contributed by atoms with Crippen molar-refractivity contribution in [1.82, 2.24) is 9.78 Å². The lowest BCUT2D eigenvalue weighted by Gasteiger charge is -2.09. The molecule has 0 fully saturated rings. The summed E-state index contributed by atoms with van der Waals surface area (Å²) in [7, 11) is 0. The number of hydrogen-bond donors (Lipinski definition) is 1. The Morgan fingerprint density at radius 2 is 1.81 bits per heavy atom. The van der Waals surface area contributed by atoms with E-state index in [1.165, 1.54) is 18.2 Å². The van der Waals surface area contributed by atoms with Crippen LogP contribution in [0.4, 0.5) is 10.1 Å². The second-order valence-corrected chi connectivity index (χ2v) is 6.81. The predicted molar refractivity (Wildman–Crippen MR) is 114 cm³/mol. The molecule has 0 unspecified atom stereocenters. The minimum atomic E-state index is -0.487. The zero-order chi connectivity index (χ0) is 22.2. The van der Waals surface area contributed by atoms with Crippen LogP contribution in [-0.2, 0) is 16.1 Å². The van der Waals surface area contributed by atoms with Gasteiger partial charge in [0.05, 0.1) is 17.9 Å². The molecular weight excluding hydrogens is 401 g/mol.